The molecule has 0 aromatic carbocycles. The molecule has 1 saturated heterocycles. The number of hydrogen-bond acceptors (Lipinski definition) is 1. The standard InChI is InChI=1S/C15H33N2/c1-5-8-10-15-14-16(4)11-13-17(15,7-3)12-9-6-2/h15H,5-14H2,1-4H3/q+1. The Morgan fingerprint density at radius 3 is 2.41 bits per heavy atom. The average Bonchev–Trinajstić information content (AvgIpc) is 2.35. The van der Waals surface area contributed by atoms with Crippen molar-refractivity contribution in [3.8, 4) is 0 Å². The van der Waals surface area contributed by atoms with E-state index in [1.807, 2.05) is 0 Å². The molecule has 0 radical (unpaired) electrons. The molecule has 2 atom stereocenters. The van der Waals surface area contributed by atoms with Gasteiger partial charge in [0.05, 0.1) is 26.2 Å². The van der Waals surface area contributed by atoms with Crippen LogP contribution in [0.25, 0.3) is 0 Å². The highest BCUT2D eigenvalue weighted by Crippen LogP contribution is 2.24. The number of quaternary nitrogens is 1. The zero-order valence-corrected chi connectivity index (χ0v) is 12.5. The van der Waals surface area contributed by atoms with Gasteiger partial charge in [0.1, 0.15) is 6.04 Å². The van der Waals surface area contributed by atoms with Gasteiger partial charge >= 0.3 is 0 Å². The fourth-order valence-corrected chi connectivity index (χ4v) is 3.32. The van der Waals surface area contributed by atoms with Gasteiger partial charge in [0.15, 0.2) is 0 Å². The number of nitrogens with zero attached hydrogens (tertiary/aromatic N) is 2. The normalized spacial score (nSPS) is 30.7. The van der Waals surface area contributed by atoms with Crippen molar-refractivity contribution in [3.05, 3.63) is 0 Å². The van der Waals surface area contributed by atoms with E-state index < -0.39 is 0 Å². The van der Waals surface area contributed by atoms with E-state index in [0.29, 0.717) is 0 Å². The maximum Gasteiger partial charge on any atom is 0.102 e. The molecular formula is C15H33N2+. The molecular weight excluding hydrogens is 208 g/mol. The molecule has 2 nitrogen and oxygen atoms in total. The molecule has 0 aliphatic carbocycles. The third-order valence-electron chi connectivity index (χ3n) is 4.70. The minimum Gasteiger partial charge on any atom is -0.319 e. The molecule has 0 aromatic rings. The Labute approximate surface area is 109 Å². The lowest BCUT2D eigenvalue weighted by Gasteiger charge is -2.50. The van der Waals surface area contributed by atoms with Gasteiger partial charge in [-0.3, -0.25) is 4.90 Å². The van der Waals surface area contributed by atoms with Crippen LogP contribution in [-0.2, 0) is 0 Å². The first-order chi connectivity index (χ1) is 8.18. The van der Waals surface area contributed by atoms with Crippen LogP contribution >= 0.6 is 0 Å². The molecule has 0 N–H and O–H groups in total. The molecule has 1 aliphatic rings. The topological polar surface area (TPSA) is 3.24 Å². The summed E-state index contributed by atoms with van der Waals surface area (Å²) in [6.45, 7) is 13.8. The minimum atomic E-state index is 0.894. The summed E-state index contributed by atoms with van der Waals surface area (Å²) in [7, 11) is 2.29. The van der Waals surface area contributed by atoms with Crippen LogP contribution in [0.3, 0.4) is 0 Å². The maximum atomic E-state index is 2.54. The summed E-state index contributed by atoms with van der Waals surface area (Å²) in [5, 5.41) is 0. The molecule has 0 amide bonds. The number of unbranched alkanes of at least 4 members (excludes halogenated alkanes) is 2. The van der Waals surface area contributed by atoms with E-state index in [1.54, 1.807) is 0 Å². The van der Waals surface area contributed by atoms with E-state index in [0.717, 1.165) is 6.04 Å². The second kappa shape index (κ2) is 7.38. The SMILES string of the molecule is CCCCC1CN(C)CC[N+]1(CC)CCCC. The van der Waals surface area contributed by atoms with Crippen LogP contribution in [0.2, 0.25) is 0 Å². The molecule has 0 aromatic heterocycles. The molecule has 1 heterocycles. The Morgan fingerprint density at radius 1 is 1.12 bits per heavy atom. The van der Waals surface area contributed by atoms with Gasteiger partial charge in [-0.1, -0.05) is 26.7 Å². The van der Waals surface area contributed by atoms with Gasteiger partial charge in [-0.15, -0.1) is 0 Å². The molecule has 1 aliphatic heterocycles. The Balaban J connectivity index is 2.66. The van der Waals surface area contributed by atoms with Crippen LogP contribution < -0.4 is 0 Å². The average molecular weight is 241 g/mol. The lowest BCUT2D eigenvalue weighted by Crippen LogP contribution is -2.65. The van der Waals surface area contributed by atoms with E-state index in [1.165, 1.54) is 69.3 Å². The molecule has 1 fully saturated rings. The molecule has 2 heteroatoms. The van der Waals surface area contributed by atoms with Gasteiger partial charge in [-0.2, -0.15) is 0 Å². The van der Waals surface area contributed by atoms with Crippen molar-refractivity contribution in [2.45, 2.75) is 58.9 Å². The molecule has 102 valence electrons. The number of rotatable bonds is 7. The fraction of sp³-hybridized carbons (Fsp3) is 1.00. The summed E-state index contributed by atoms with van der Waals surface area (Å²) in [6.07, 6.45) is 6.93. The highest BCUT2D eigenvalue weighted by Gasteiger charge is 2.38. The van der Waals surface area contributed by atoms with Crippen molar-refractivity contribution < 1.29 is 4.48 Å². The van der Waals surface area contributed by atoms with Crippen molar-refractivity contribution in [1.29, 1.82) is 0 Å². The first-order valence-electron chi connectivity index (χ1n) is 7.72. The van der Waals surface area contributed by atoms with E-state index in [2.05, 4.69) is 32.7 Å². The van der Waals surface area contributed by atoms with E-state index >= 15 is 0 Å². The largest absolute Gasteiger partial charge is 0.319 e. The lowest BCUT2D eigenvalue weighted by atomic mass is 10.0. The van der Waals surface area contributed by atoms with Crippen LogP contribution in [-0.4, -0.2) is 55.2 Å². The Kier molecular flexibility index (Phi) is 6.50. The zero-order valence-electron chi connectivity index (χ0n) is 12.5. The van der Waals surface area contributed by atoms with Gasteiger partial charge in [-0.05, 0) is 26.8 Å². The summed E-state index contributed by atoms with van der Waals surface area (Å²) in [5.74, 6) is 0. The third kappa shape index (κ3) is 3.96. The molecule has 1 rings (SSSR count). The van der Waals surface area contributed by atoms with Crippen LogP contribution in [0.15, 0.2) is 0 Å². The first-order valence-corrected chi connectivity index (χ1v) is 7.72. The van der Waals surface area contributed by atoms with Gasteiger partial charge in [0, 0.05) is 13.0 Å². The highest BCUT2D eigenvalue weighted by atomic mass is 15.4. The second-order valence-corrected chi connectivity index (χ2v) is 5.89. The van der Waals surface area contributed by atoms with Crippen molar-refractivity contribution in [1.82, 2.24) is 4.90 Å². The maximum absolute atomic E-state index is 2.54. The quantitative estimate of drug-likeness (QED) is 0.619. The molecule has 2 unspecified atom stereocenters. The lowest BCUT2D eigenvalue weighted by molar-refractivity contribution is -0.954. The Morgan fingerprint density at radius 2 is 1.82 bits per heavy atom. The molecule has 0 bridgehead atoms. The first kappa shape index (κ1) is 15.0. The Hall–Kier alpha value is -0.0800. The van der Waals surface area contributed by atoms with Crippen molar-refractivity contribution in [2.24, 2.45) is 0 Å². The van der Waals surface area contributed by atoms with Crippen LogP contribution in [0, 0.1) is 0 Å². The predicted molar refractivity (Wildman–Crippen MR) is 76.3 cm³/mol. The van der Waals surface area contributed by atoms with Gasteiger partial charge < -0.3 is 4.48 Å². The number of hydrogen-bond donors (Lipinski definition) is 0. The summed E-state index contributed by atoms with van der Waals surface area (Å²) in [4.78, 5) is 2.54. The van der Waals surface area contributed by atoms with E-state index in [-0.39, 0.29) is 0 Å². The van der Waals surface area contributed by atoms with Crippen LogP contribution in [0.1, 0.15) is 52.9 Å². The second-order valence-electron chi connectivity index (χ2n) is 5.89. The molecule has 0 saturated carbocycles. The smallest absolute Gasteiger partial charge is 0.102 e. The summed E-state index contributed by atoms with van der Waals surface area (Å²) in [5.41, 5.74) is 0. The van der Waals surface area contributed by atoms with E-state index in [4.69, 9.17) is 0 Å². The third-order valence-corrected chi connectivity index (χ3v) is 4.70. The predicted octanol–water partition coefficient (Wildman–Crippen LogP) is 3.13. The van der Waals surface area contributed by atoms with Gasteiger partial charge in [0.25, 0.3) is 0 Å². The van der Waals surface area contributed by atoms with Crippen molar-refractivity contribution in [2.75, 3.05) is 39.8 Å². The highest BCUT2D eigenvalue weighted by molar-refractivity contribution is 4.71. The van der Waals surface area contributed by atoms with Crippen LogP contribution in [0.4, 0.5) is 0 Å². The number of piperazine rings is 1. The molecule has 17 heavy (non-hydrogen) atoms. The molecule has 0 spiro atoms. The Bertz CT molecular complexity index is 201. The summed E-state index contributed by atoms with van der Waals surface area (Å²) in [6, 6.07) is 0.894. The zero-order chi connectivity index (χ0) is 12.7. The van der Waals surface area contributed by atoms with E-state index in [9.17, 15) is 0 Å². The monoisotopic (exact) mass is 241 g/mol. The van der Waals surface area contributed by atoms with Crippen molar-refractivity contribution in [3.63, 3.8) is 0 Å². The number of likely N-dealkylation sites (N-methyl/N-ethyl adjacent to an activating group) is 2. The summed E-state index contributed by atoms with van der Waals surface area (Å²) < 4.78 is 1.40. The van der Waals surface area contributed by atoms with Gasteiger partial charge in [0.2, 0.25) is 0 Å². The van der Waals surface area contributed by atoms with Crippen LogP contribution in [0.5, 0.6) is 0 Å². The minimum absolute atomic E-state index is 0.894. The summed E-state index contributed by atoms with van der Waals surface area (Å²) >= 11 is 0. The van der Waals surface area contributed by atoms with Crippen molar-refractivity contribution >= 4 is 0 Å². The fourth-order valence-electron chi connectivity index (χ4n) is 3.32. The van der Waals surface area contributed by atoms with Gasteiger partial charge in [-0.25, -0.2) is 0 Å².